The maximum absolute atomic E-state index is 7.24. The van der Waals surface area contributed by atoms with E-state index in [0.29, 0.717) is 0 Å². The van der Waals surface area contributed by atoms with E-state index < -0.39 is 0 Å². The number of nitrogens with zero attached hydrogens (tertiary/aromatic N) is 2. The summed E-state index contributed by atoms with van der Waals surface area (Å²) in [7, 11) is 0. The highest BCUT2D eigenvalue weighted by molar-refractivity contribution is 6.03. The summed E-state index contributed by atoms with van der Waals surface area (Å²) in [6.45, 7) is 4.34. The molecule has 0 aliphatic carbocycles. The van der Waals surface area contributed by atoms with Crippen molar-refractivity contribution in [1.82, 2.24) is 0 Å². The average Bonchev–Trinajstić information content (AvgIpc) is 3.12. The van der Waals surface area contributed by atoms with E-state index in [9.17, 15) is 0 Å². The number of ether oxygens (including phenoxy) is 1. The lowest BCUT2D eigenvalue weighted by atomic mass is 10.0. The topological polar surface area (TPSA) is 15.7 Å². The summed E-state index contributed by atoms with van der Waals surface area (Å²) in [6, 6.07) is 60.5. The first-order valence-electron chi connectivity index (χ1n) is 16.3. The van der Waals surface area contributed by atoms with Gasteiger partial charge < -0.3 is 14.5 Å². The van der Waals surface area contributed by atoms with E-state index in [4.69, 9.17) is 4.74 Å². The number of benzene rings is 8. The minimum Gasteiger partial charge on any atom is -0.335 e. The van der Waals surface area contributed by atoms with Crippen LogP contribution in [0.4, 0.5) is 22.7 Å². The van der Waals surface area contributed by atoms with Gasteiger partial charge in [0.1, 0.15) is 12.5 Å². The molecule has 0 aromatic heterocycles. The molecule has 2 atom stereocenters. The fourth-order valence-electron chi connectivity index (χ4n) is 7.12. The molecule has 8 aromatic carbocycles. The number of hydrogen-bond acceptors (Lipinski definition) is 3. The minimum absolute atomic E-state index is 0.325. The van der Waals surface area contributed by atoms with Gasteiger partial charge in [-0.05, 0) is 59.7 Å². The lowest BCUT2D eigenvalue weighted by molar-refractivity contribution is 0.0168. The van der Waals surface area contributed by atoms with Crippen LogP contribution in [0.2, 0.25) is 0 Å². The van der Waals surface area contributed by atoms with Gasteiger partial charge in [-0.15, -0.1) is 0 Å². The van der Waals surface area contributed by atoms with Crippen molar-refractivity contribution in [3.05, 3.63) is 170 Å². The molecule has 0 bridgehead atoms. The first-order chi connectivity index (χ1) is 23.2. The maximum Gasteiger partial charge on any atom is 0.134 e. The van der Waals surface area contributed by atoms with Gasteiger partial charge in [-0.1, -0.05) is 146 Å². The number of fused-ring (bicyclic) bond motifs is 4. The second-order valence-corrected chi connectivity index (χ2v) is 12.1. The van der Waals surface area contributed by atoms with E-state index in [-0.39, 0.29) is 12.5 Å². The van der Waals surface area contributed by atoms with Crippen LogP contribution in [0.1, 0.15) is 13.8 Å². The van der Waals surface area contributed by atoms with E-state index in [2.05, 4.69) is 194 Å². The van der Waals surface area contributed by atoms with Crippen LogP contribution in [0.15, 0.2) is 170 Å². The van der Waals surface area contributed by atoms with Gasteiger partial charge in [-0.3, -0.25) is 0 Å². The fraction of sp³-hybridized carbons (Fsp3) is 0.0909. The van der Waals surface area contributed by atoms with Crippen molar-refractivity contribution < 1.29 is 4.74 Å². The van der Waals surface area contributed by atoms with Crippen LogP contribution in [0.5, 0.6) is 0 Å². The molecule has 228 valence electrons. The van der Waals surface area contributed by atoms with E-state index in [1.54, 1.807) is 0 Å². The summed E-state index contributed by atoms with van der Waals surface area (Å²) in [6.07, 6.45) is -0.650. The van der Waals surface area contributed by atoms with Gasteiger partial charge in [0.25, 0.3) is 0 Å². The zero-order chi connectivity index (χ0) is 31.7. The summed E-state index contributed by atoms with van der Waals surface area (Å²) in [5.74, 6) is 0. The third-order valence-corrected chi connectivity index (χ3v) is 9.23. The molecule has 0 amide bonds. The van der Waals surface area contributed by atoms with E-state index in [1.165, 1.54) is 43.1 Å². The van der Waals surface area contributed by atoms with Gasteiger partial charge in [0.15, 0.2) is 0 Å². The fourth-order valence-corrected chi connectivity index (χ4v) is 7.12. The third-order valence-electron chi connectivity index (χ3n) is 9.23. The Labute approximate surface area is 275 Å². The predicted molar refractivity (Wildman–Crippen MR) is 200 cm³/mol. The van der Waals surface area contributed by atoms with Crippen LogP contribution < -0.4 is 9.80 Å². The zero-order valence-electron chi connectivity index (χ0n) is 26.6. The Morgan fingerprint density at radius 1 is 0.319 bits per heavy atom. The molecule has 0 N–H and O–H groups in total. The van der Waals surface area contributed by atoms with Crippen molar-refractivity contribution in [1.29, 1.82) is 0 Å². The predicted octanol–water partition coefficient (Wildman–Crippen LogP) is 12.0. The van der Waals surface area contributed by atoms with Crippen molar-refractivity contribution >= 4 is 65.8 Å². The Morgan fingerprint density at radius 3 is 0.830 bits per heavy atom. The highest BCUT2D eigenvalue weighted by Crippen LogP contribution is 2.41. The van der Waals surface area contributed by atoms with E-state index in [0.717, 1.165) is 22.7 Å². The lowest BCUT2D eigenvalue weighted by Crippen LogP contribution is -2.40. The molecule has 2 unspecified atom stereocenters. The Morgan fingerprint density at radius 2 is 0.553 bits per heavy atom. The second-order valence-electron chi connectivity index (χ2n) is 12.1. The molecule has 0 aliphatic heterocycles. The first kappa shape index (κ1) is 28.8. The van der Waals surface area contributed by atoms with Crippen molar-refractivity contribution in [3.8, 4) is 0 Å². The zero-order valence-corrected chi connectivity index (χ0v) is 26.6. The molecular weight excluding hydrogens is 572 g/mol. The molecule has 3 heteroatoms. The summed E-state index contributed by atoms with van der Waals surface area (Å²) in [4.78, 5) is 4.73. The molecule has 0 saturated carbocycles. The quantitative estimate of drug-likeness (QED) is 0.160. The standard InChI is InChI=1S/C44H36N2O/c1-31(45(41-27-11-19-33-15-3-7-23-37(33)41)42-28-12-20-34-16-4-8-24-38(34)42)47-32(2)46(43-29-13-21-35-17-5-9-25-39(35)43)44-30-14-22-36-18-6-10-26-40(36)44/h3-32H,1-2H3. The van der Waals surface area contributed by atoms with Crippen LogP contribution in [-0.2, 0) is 4.74 Å². The van der Waals surface area contributed by atoms with Crippen LogP contribution in [0.3, 0.4) is 0 Å². The molecule has 0 aliphatic rings. The molecule has 0 radical (unpaired) electrons. The van der Waals surface area contributed by atoms with Gasteiger partial charge in [-0.25, -0.2) is 0 Å². The SMILES string of the molecule is CC(OC(C)N(c1cccc2ccccc12)c1cccc2ccccc12)N(c1cccc2ccccc12)c1cccc2ccccc12. The van der Waals surface area contributed by atoms with Gasteiger partial charge in [0.2, 0.25) is 0 Å². The summed E-state index contributed by atoms with van der Waals surface area (Å²) in [5.41, 5.74) is 4.45. The average molecular weight is 609 g/mol. The molecule has 8 aromatic rings. The van der Waals surface area contributed by atoms with Gasteiger partial charge in [0.05, 0.1) is 22.7 Å². The van der Waals surface area contributed by atoms with Crippen LogP contribution in [-0.4, -0.2) is 12.5 Å². The molecular formula is C44H36N2O. The molecule has 8 rings (SSSR count). The number of anilines is 4. The van der Waals surface area contributed by atoms with Gasteiger partial charge >= 0.3 is 0 Å². The minimum atomic E-state index is -0.325. The van der Waals surface area contributed by atoms with E-state index >= 15 is 0 Å². The largest absolute Gasteiger partial charge is 0.335 e. The van der Waals surface area contributed by atoms with Crippen molar-refractivity contribution in [3.63, 3.8) is 0 Å². The molecule has 3 nitrogen and oxygen atoms in total. The highest BCUT2D eigenvalue weighted by Gasteiger charge is 2.27. The molecule has 0 saturated heterocycles. The van der Waals surface area contributed by atoms with Crippen molar-refractivity contribution in [2.45, 2.75) is 26.3 Å². The Kier molecular flexibility index (Phi) is 7.53. The van der Waals surface area contributed by atoms with Crippen molar-refractivity contribution in [2.75, 3.05) is 9.80 Å². The summed E-state index contributed by atoms with van der Waals surface area (Å²) < 4.78 is 7.24. The Bertz CT molecular complexity index is 2020. The normalized spacial score (nSPS) is 12.8. The Balaban J connectivity index is 1.29. The number of hydrogen-bond donors (Lipinski definition) is 0. The number of rotatable bonds is 8. The highest BCUT2D eigenvalue weighted by atomic mass is 16.5. The van der Waals surface area contributed by atoms with E-state index in [1.807, 2.05) is 0 Å². The molecule has 0 fully saturated rings. The Hall–Kier alpha value is -5.64. The molecule has 47 heavy (non-hydrogen) atoms. The van der Waals surface area contributed by atoms with Crippen LogP contribution >= 0.6 is 0 Å². The van der Waals surface area contributed by atoms with Crippen LogP contribution in [0.25, 0.3) is 43.1 Å². The maximum atomic E-state index is 7.24. The molecule has 0 spiro atoms. The van der Waals surface area contributed by atoms with Crippen LogP contribution in [0, 0.1) is 0 Å². The third kappa shape index (κ3) is 5.25. The lowest BCUT2D eigenvalue weighted by Gasteiger charge is -2.39. The smallest absolute Gasteiger partial charge is 0.134 e. The van der Waals surface area contributed by atoms with Gasteiger partial charge in [-0.2, -0.15) is 0 Å². The summed E-state index contributed by atoms with van der Waals surface area (Å²) >= 11 is 0. The molecule has 0 heterocycles. The monoisotopic (exact) mass is 608 g/mol. The van der Waals surface area contributed by atoms with Crippen molar-refractivity contribution in [2.24, 2.45) is 0 Å². The first-order valence-corrected chi connectivity index (χ1v) is 16.3. The van der Waals surface area contributed by atoms with Gasteiger partial charge in [0, 0.05) is 21.5 Å². The second kappa shape index (κ2) is 12.3. The summed E-state index contributed by atoms with van der Waals surface area (Å²) in [5, 5.41) is 9.54.